The highest BCUT2D eigenvalue weighted by molar-refractivity contribution is 9.10. The maximum absolute atomic E-state index is 12.7. The van der Waals surface area contributed by atoms with Crippen molar-refractivity contribution in [3.8, 4) is 0 Å². The average molecular weight is 350 g/mol. The molecule has 1 aromatic heterocycles. The standard InChI is InChI=1S/C16H20BrN3O/c1-16(2,3)19-7-6-14-18-13-10-11(17)4-5-12(13)15(21)20(14)9-8-19/h4-5,10H,6-9H2,1-3H3. The lowest BCUT2D eigenvalue weighted by molar-refractivity contribution is 0.140. The van der Waals surface area contributed by atoms with Crippen LogP contribution in [0.1, 0.15) is 26.6 Å². The van der Waals surface area contributed by atoms with Gasteiger partial charge in [0.15, 0.2) is 0 Å². The monoisotopic (exact) mass is 349 g/mol. The second-order valence-electron chi connectivity index (χ2n) is 6.55. The number of rotatable bonds is 0. The zero-order valence-electron chi connectivity index (χ0n) is 12.7. The molecule has 2 aromatic rings. The Morgan fingerprint density at radius 1 is 1.19 bits per heavy atom. The summed E-state index contributed by atoms with van der Waals surface area (Å²) >= 11 is 3.45. The first-order valence-electron chi connectivity index (χ1n) is 7.30. The molecule has 0 N–H and O–H groups in total. The van der Waals surface area contributed by atoms with Gasteiger partial charge in [-0.1, -0.05) is 15.9 Å². The highest BCUT2D eigenvalue weighted by Crippen LogP contribution is 2.19. The molecule has 3 rings (SSSR count). The molecular formula is C16H20BrN3O. The van der Waals surface area contributed by atoms with Gasteiger partial charge in [-0.25, -0.2) is 4.98 Å². The third-order valence-electron chi connectivity index (χ3n) is 4.14. The van der Waals surface area contributed by atoms with E-state index in [9.17, 15) is 4.79 Å². The number of hydrogen-bond donors (Lipinski definition) is 0. The number of fused-ring (bicyclic) bond motifs is 2. The van der Waals surface area contributed by atoms with Crippen LogP contribution in [0.25, 0.3) is 10.9 Å². The third kappa shape index (κ3) is 2.77. The van der Waals surface area contributed by atoms with Crippen LogP contribution in [0.5, 0.6) is 0 Å². The minimum atomic E-state index is 0.0817. The van der Waals surface area contributed by atoms with Crippen LogP contribution in [0, 0.1) is 0 Å². The molecule has 0 bridgehead atoms. The van der Waals surface area contributed by atoms with Crippen molar-refractivity contribution in [3.05, 3.63) is 38.9 Å². The lowest BCUT2D eigenvalue weighted by atomic mass is 10.1. The van der Waals surface area contributed by atoms with Gasteiger partial charge < -0.3 is 0 Å². The molecule has 0 spiro atoms. The van der Waals surface area contributed by atoms with Gasteiger partial charge in [-0.15, -0.1) is 0 Å². The maximum Gasteiger partial charge on any atom is 0.261 e. The van der Waals surface area contributed by atoms with Crippen LogP contribution < -0.4 is 5.56 Å². The number of halogens is 1. The maximum atomic E-state index is 12.7. The molecule has 4 nitrogen and oxygen atoms in total. The van der Waals surface area contributed by atoms with Crippen molar-refractivity contribution < 1.29 is 0 Å². The first-order chi connectivity index (χ1) is 9.86. The van der Waals surface area contributed by atoms with Crippen molar-refractivity contribution in [1.29, 1.82) is 0 Å². The number of aromatic nitrogens is 2. The van der Waals surface area contributed by atoms with Crippen LogP contribution in [0.15, 0.2) is 27.5 Å². The topological polar surface area (TPSA) is 38.1 Å². The molecular weight excluding hydrogens is 330 g/mol. The molecule has 0 radical (unpaired) electrons. The summed E-state index contributed by atoms with van der Waals surface area (Å²) < 4.78 is 2.80. The molecule has 0 fully saturated rings. The molecule has 1 aliphatic heterocycles. The van der Waals surface area contributed by atoms with E-state index in [2.05, 4.69) is 41.6 Å². The van der Waals surface area contributed by atoms with Crippen LogP contribution in [-0.2, 0) is 13.0 Å². The summed E-state index contributed by atoms with van der Waals surface area (Å²) in [6.45, 7) is 9.19. The minimum absolute atomic E-state index is 0.0817. The van der Waals surface area contributed by atoms with Gasteiger partial charge in [0.1, 0.15) is 5.82 Å². The predicted octanol–water partition coefficient (Wildman–Crippen LogP) is 2.82. The Hall–Kier alpha value is -1.20. The van der Waals surface area contributed by atoms with E-state index in [-0.39, 0.29) is 11.1 Å². The molecule has 21 heavy (non-hydrogen) atoms. The normalized spacial score (nSPS) is 16.8. The van der Waals surface area contributed by atoms with Gasteiger partial charge in [0.05, 0.1) is 10.9 Å². The fourth-order valence-corrected chi connectivity index (χ4v) is 3.25. The molecule has 0 saturated carbocycles. The van der Waals surface area contributed by atoms with Crippen molar-refractivity contribution in [2.24, 2.45) is 0 Å². The third-order valence-corrected chi connectivity index (χ3v) is 4.64. The Balaban J connectivity index is 2.08. The van der Waals surface area contributed by atoms with Crippen LogP contribution in [0.2, 0.25) is 0 Å². The van der Waals surface area contributed by atoms with Crippen molar-refractivity contribution in [3.63, 3.8) is 0 Å². The first kappa shape index (κ1) is 14.7. The second kappa shape index (κ2) is 5.21. The lowest BCUT2D eigenvalue weighted by Crippen LogP contribution is -2.43. The highest BCUT2D eigenvalue weighted by atomic mass is 79.9. The Morgan fingerprint density at radius 3 is 2.67 bits per heavy atom. The molecule has 0 unspecified atom stereocenters. The van der Waals surface area contributed by atoms with Gasteiger partial charge in [-0.2, -0.15) is 0 Å². The summed E-state index contributed by atoms with van der Waals surface area (Å²) in [5, 5.41) is 0.700. The Kier molecular flexibility index (Phi) is 3.66. The number of nitrogens with zero attached hydrogens (tertiary/aromatic N) is 3. The molecule has 0 aliphatic carbocycles. The van der Waals surface area contributed by atoms with E-state index in [0.717, 1.165) is 35.3 Å². The molecule has 1 aliphatic rings. The van der Waals surface area contributed by atoms with Gasteiger partial charge in [0, 0.05) is 36.1 Å². The smallest absolute Gasteiger partial charge is 0.261 e. The summed E-state index contributed by atoms with van der Waals surface area (Å²) in [5.41, 5.74) is 0.983. The SMILES string of the molecule is CC(C)(C)N1CCc2nc3cc(Br)ccc3c(=O)n2CC1. The molecule has 1 aromatic carbocycles. The minimum Gasteiger partial charge on any atom is -0.296 e. The fraction of sp³-hybridized carbons (Fsp3) is 0.500. The number of hydrogen-bond acceptors (Lipinski definition) is 3. The van der Waals surface area contributed by atoms with E-state index in [1.807, 2.05) is 22.8 Å². The molecule has 2 heterocycles. The van der Waals surface area contributed by atoms with Crippen molar-refractivity contribution >= 4 is 26.8 Å². The molecule has 0 amide bonds. The summed E-state index contributed by atoms with van der Waals surface area (Å²) in [4.78, 5) is 19.8. The molecule has 5 heteroatoms. The largest absolute Gasteiger partial charge is 0.296 e. The van der Waals surface area contributed by atoms with Crippen LogP contribution in [0.4, 0.5) is 0 Å². The summed E-state index contributed by atoms with van der Waals surface area (Å²) in [5.74, 6) is 0.900. The predicted molar refractivity (Wildman–Crippen MR) is 88.7 cm³/mol. The summed E-state index contributed by atoms with van der Waals surface area (Å²) in [6, 6.07) is 5.68. The van der Waals surface area contributed by atoms with Crippen LogP contribution in [0.3, 0.4) is 0 Å². The van der Waals surface area contributed by atoms with Crippen molar-refractivity contribution in [1.82, 2.24) is 14.5 Å². The quantitative estimate of drug-likeness (QED) is 0.733. The second-order valence-corrected chi connectivity index (χ2v) is 7.47. The Labute approximate surface area is 132 Å². The van der Waals surface area contributed by atoms with E-state index in [0.29, 0.717) is 11.9 Å². The Morgan fingerprint density at radius 2 is 1.95 bits per heavy atom. The van der Waals surface area contributed by atoms with Gasteiger partial charge in [-0.3, -0.25) is 14.3 Å². The van der Waals surface area contributed by atoms with Gasteiger partial charge in [0.25, 0.3) is 5.56 Å². The zero-order chi connectivity index (χ0) is 15.2. The van der Waals surface area contributed by atoms with E-state index in [4.69, 9.17) is 4.98 Å². The average Bonchev–Trinajstić information content (AvgIpc) is 2.60. The molecule has 112 valence electrons. The Bertz CT molecular complexity index is 745. The van der Waals surface area contributed by atoms with Gasteiger partial charge in [0.2, 0.25) is 0 Å². The summed E-state index contributed by atoms with van der Waals surface area (Å²) in [6.07, 6.45) is 0.814. The van der Waals surface area contributed by atoms with Crippen LogP contribution in [-0.4, -0.2) is 33.1 Å². The molecule has 0 atom stereocenters. The van der Waals surface area contributed by atoms with Crippen LogP contribution >= 0.6 is 15.9 Å². The van der Waals surface area contributed by atoms with Crippen molar-refractivity contribution in [2.45, 2.75) is 39.3 Å². The lowest BCUT2D eigenvalue weighted by Gasteiger charge is -2.34. The van der Waals surface area contributed by atoms with E-state index < -0.39 is 0 Å². The summed E-state index contributed by atoms with van der Waals surface area (Å²) in [7, 11) is 0. The zero-order valence-corrected chi connectivity index (χ0v) is 14.3. The van der Waals surface area contributed by atoms with E-state index >= 15 is 0 Å². The molecule has 0 saturated heterocycles. The number of benzene rings is 1. The fourth-order valence-electron chi connectivity index (χ4n) is 2.90. The van der Waals surface area contributed by atoms with Gasteiger partial charge >= 0.3 is 0 Å². The van der Waals surface area contributed by atoms with Gasteiger partial charge in [-0.05, 0) is 39.0 Å². The van der Waals surface area contributed by atoms with E-state index in [1.165, 1.54) is 0 Å². The van der Waals surface area contributed by atoms with Crippen molar-refractivity contribution in [2.75, 3.05) is 13.1 Å². The highest BCUT2D eigenvalue weighted by Gasteiger charge is 2.25. The van der Waals surface area contributed by atoms with E-state index in [1.54, 1.807) is 0 Å². The first-order valence-corrected chi connectivity index (χ1v) is 8.09.